The molecule has 29 heavy (non-hydrogen) atoms. The van der Waals surface area contributed by atoms with E-state index in [0.29, 0.717) is 32.2 Å². The second-order valence-corrected chi connectivity index (χ2v) is 7.19. The molecule has 1 saturated heterocycles. The lowest BCUT2D eigenvalue weighted by atomic mass is 10.1. The van der Waals surface area contributed by atoms with Gasteiger partial charge < -0.3 is 37.2 Å². The van der Waals surface area contributed by atoms with Crippen molar-refractivity contribution in [3.8, 4) is 0 Å². The van der Waals surface area contributed by atoms with E-state index in [1.54, 1.807) is 0 Å². The Kier molecular flexibility index (Phi) is 11.6. The van der Waals surface area contributed by atoms with E-state index >= 15 is 0 Å². The average Bonchev–Trinajstić information content (AvgIpc) is 3.23. The predicted molar refractivity (Wildman–Crippen MR) is 108 cm³/mol. The van der Waals surface area contributed by atoms with Crippen LogP contribution in [0.15, 0.2) is 0 Å². The Bertz CT molecular complexity index is 573. The summed E-state index contributed by atoms with van der Waals surface area (Å²) in [6, 6.07) is -3.89. The highest BCUT2D eigenvalue weighted by Crippen LogP contribution is 2.07. The molecule has 1 aliphatic rings. The summed E-state index contributed by atoms with van der Waals surface area (Å²) in [5.74, 6) is -3.24. The lowest BCUT2D eigenvalue weighted by Gasteiger charge is -2.24. The number of rotatable bonds is 13. The zero-order valence-corrected chi connectivity index (χ0v) is 17.1. The van der Waals surface area contributed by atoms with Crippen molar-refractivity contribution in [1.82, 2.24) is 21.3 Å². The van der Waals surface area contributed by atoms with E-state index in [-0.39, 0.29) is 17.7 Å². The molecule has 0 aromatic heterocycles. The molecule has 4 atom stereocenters. The molecule has 3 amide bonds. The summed E-state index contributed by atoms with van der Waals surface area (Å²) < 4.78 is 0. The van der Waals surface area contributed by atoms with Crippen LogP contribution in [-0.2, 0) is 19.2 Å². The van der Waals surface area contributed by atoms with Gasteiger partial charge in [-0.05, 0) is 45.2 Å². The second-order valence-electron chi connectivity index (χ2n) is 6.82. The molecule has 166 valence electrons. The number of carbonyl (C=O) groups is 4. The van der Waals surface area contributed by atoms with Gasteiger partial charge in [0.2, 0.25) is 17.7 Å². The van der Waals surface area contributed by atoms with E-state index in [9.17, 15) is 24.3 Å². The van der Waals surface area contributed by atoms with Crippen molar-refractivity contribution in [2.45, 2.75) is 56.3 Å². The fourth-order valence-corrected chi connectivity index (χ4v) is 3.11. The highest BCUT2D eigenvalue weighted by Gasteiger charge is 2.30. The van der Waals surface area contributed by atoms with Crippen LogP contribution in [0.5, 0.6) is 0 Å². The van der Waals surface area contributed by atoms with E-state index in [4.69, 9.17) is 10.8 Å². The lowest BCUT2D eigenvalue weighted by Crippen LogP contribution is -2.58. The number of nitrogens with one attached hydrogen (secondary N) is 4. The Labute approximate surface area is 175 Å². The smallest absolute Gasteiger partial charge is 0.327 e. The van der Waals surface area contributed by atoms with Gasteiger partial charge in [0.05, 0.1) is 12.6 Å². The molecule has 11 nitrogen and oxygen atoms in total. The van der Waals surface area contributed by atoms with E-state index in [1.807, 2.05) is 0 Å². The molecule has 0 aromatic rings. The summed E-state index contributed by atoms with van der Waals surface area (Å²) in [5.41, 5.74) is 5.48. The monoisotopic (exact) mass is 433 g/mol. The minimum Gasteiger partial charge on any atom is -0.480 e. The largest absolute Gasteiger partial charge is 0.480 e. The summed E-state index contributed by atoms with van der Waals surface area (Å²) in [5, 5.41) is 28.8. The highest BCUT2D eigenvalue weighted by atomic mass is 32.1. The Morgan fingerprint density at radius 3 is 2.24 bits per heavy atom. The van der Waals surface area contributed by atoms with Gasteiger partial charge in [-0.3, -0.25) is 14.4 Å². The Morgan fingerprint density at radius 2 is 1.72 bits per heavy atom. The number of aliphatic carboxylic acids is 1. The molecule has 1 heterocycles. The van der Waals surface area contributed by atoms with Crippen LogP contribution in [0.4, 0.5) is 0 Å². The molecule has 0 saturated carbocycles. The molecule has 0 spiro atoms. The van der Waals surface area contributed by atoms with Crippen LogP contribution in [0, 0.1) is 0 Å². The maximum Gasteiger partial charge on any atom is 0.327 e. The third kappa shape index (κ3) is 8.56. The van der Waals surface area contributed by atoms with E-state index in [2.05, 4.69) is 33.9 Å². The molecule has 0 radical (unpaired) electrons. The van der Waals surface area contributed by atoms with Gasteiger partial charge in [0.15, 0.2) is 0 Å². The zero-order chi connectivity index (χ0) is 21.8. The number of hydrogen-bond donors (Lipinski definition) is 8. The van der Waals surface area contributed by atoms with Crippen molar-refractivity contribution in [3.63, 3.8) is 0 Å². The molecular weight excluding hydrogens is 402 g/mol. The molecule has 0 aromatic carbocycles. The van der Waals surface area contributed by atoms with Crippen molar-refractivity contribution < 1.29 is 29.4 Å². The fourth-order valence-electron chi connectivity index (χ4n) is 2.87. The van der Waals surface area contributed by atoms with Crippen LogP contribution in [0.3, 0.4) is 0 Å². The van der Waals surface area contributed by atoms with Crippen molar-refractivity contribution in [3.05, 3.63) is 0 Å². The average molecular weight is 434 g/mol. The van der Waals surface area contributed by atoms with E-state index in [0.717, 1.165) is 13.0 Å². The predicted octanol–water partition coefficient (Wildman–Crippen LogP) is -2.67. The number of aliphatic hydroxyl groups excluding tert-OH is 1. The van der Waals surface area contributed by atoms with Crippen LogP contribution in [0.25, 0.3) is 0 Å². The molecule has 12 heteroatoms. The van der Waals surface area contributed by atoms with Crippen LogP contribution in [0.2, 0.25) is 0 Å². The zero-order valence-electron chi connectivity index (χ0n) is 16.2. The standard InChI is InChI=1S/C17H31N5O6S/c18-6-2-1-4-11(20-14(24)10-5-3-7-19-10)15(25)21-12(8-23)16(26)22-13(9-29)17(27)28/h10-13,19,23,29H,1-9,18H2,(H,20,24)(H,21,25)(H,22,26)(H,27,28). The van der Waals surface area contributed by atoms with Crippen LogP contribution >= 0.6 is 12.6 Å². The fraction of sp³-hybridized carbons (Fsp3) is 0.765. The van der Waals surface area contributed by atoms with E-state index < -0.39 is 42.5 Å². The van der Waals surface area contributed by atoms with Gasteiger partial charge in [0.1, 0.15) is 18.1 Å². The van der Waals surface area contributed by atoms with Gasteiger partial charge in [-0.1, -0.05) is 0 Å². The number of hydrogen-bond acceptors (Lipinski definition) is 8. The van der Waals surface area contributed by atoms with Crippen molar-refractivity contribution >= 4 is 36.3 Å². The normalized spacial score (nSPS) is 19.1. The summed E-state index contributed by atoms with van der Waals surface area (Å²) in [7, 11) is 0. The maximum atomic E-state index is 12.7. The number of amides is 3. The molecular formula is C17H31N5O6S. The third-order valence-corrected chi connectivity index (χ3v) is 4.93. The summed E-state index contributed by atoms with van der Waals surface area (Å²) in [6.45, 7) is 0.434. The van der Waals surface area contributed by atoms with Gasteiger partial charge in [-0.25, -0.2) is 4.79 Å². The minimum absolute atomic E-state index is 0.153. The van der Waals surface area contributed by atoms with Gasteiger partial charge in [0.25, 0.3) is 0 Å². The SMILES string of the molecule is NCCCCC(NC(=O)C1CCCN1)C(=O)NC(CO)C(=O)NC(CS)C(=O)O. The number of carboxylic acid groups (broad SMARTS) is 1. The number of carbonyl (C=O) groups excluding carboxylic acids is 3. The van der Waals surface area contributed by atoms with Gasteiger partial charge in [-0.2, -0.15) is 12.6 Å². The van der Waals surface area contributed by atoms with Crippen LogP contribution < -0.4 is 27.0 Å². The number of thiol groups is 1. The first-order valence-corrected chi connectivity index (χ1v) is 10.3. The quantitative estimate of drug-likeness (QED) is 0.114. The number of carboxylic acids is 1. The number of nitrogens with two attached hydrogens (primary N) is 1. The Morgan fingerprint density at radius 1 is 1.07 bits per heavy atom. The van der Waals surface area contributed by atoms with Crippen molar-refractivity contribution in [2.75, 3.05) is 25.4 Å². The maximum absolute atomic E-state index is 12.7. The summed E-state index contributed by atoms with van der Waals surface area (Å²) in [4.78, 5) is 48.2. The van der Waals surface area contributed by atoms with Crippen molar-refractivity contribution in [1.29, 1.82) is 0 Å². The highest BCUT2D eigenvalue weighted by molar-refractivity contribution is 7.80. The lowest BCUT2D eigenvalue weighted by molar-refractivity contribution is -0.142. The molecule has 1 rings (SSSR count). The molecule has 0 bridgehead atoms. The third-order valence-electron chi connectivity index (χ3n) is 4.57. The molecule has 4 unspecified atom stereocenters. The molecule has 1 aliphatic heterocycles. The number of aliphatic hydroxyl groups is 1. The molecule has 8 N–H and O–H groups in total. The second kappa shape index (κ2) is 13.4. The van der Waals surface area contributed by atoms with Gasteiger partial charge in [-0.15, -0.1) is 0 Å². The van der Waals surface area contributed by atoms with Gasteiger partial charge >= 0.3 is 5.97 Å². The topological polar surface area (TPSA) is 183 Å². The summed E-state index contributed by atoms with van der Waals surface area (Å²) in [6.07, 6.45) is 3.10. The minimum atomic E-state index is -1.36. The molecule has 1 fully saturated rings. The van der Waals surface area contributed by atoms with Crippen LogP contribution in [0.1, 0.15) is 32.1 Å². The Balaban J connectivity index is 2.74. The van der Waals surface area contributed by atoms with E-state index in [1.165, 1.54) is 0 Å². The first kappa shape index (κ1) is 25.1. The Hall–Kier alpha value is -1.89. The van der Waals surface area contributed by atoms with Crippen LogP contribution in [-0.4, -0.2) is 83.5 Å². The van der Waals surface area contributed by atoms with Crippen molar-refractivity contribution in [2.24, 2.45) is 5.73 Å². The first-order chi connectivity index (χ1) is 13.8. The molecule has 0 aliphatic carbocycles. The first-order valence-electron chi connectivity index (χ1n) is 9.63. The van der Waals surface area contributed by atoms with Gasteiger partial charge in [0, 0.05) is 5.75 Å². The number of unbranched alkanes of at least 4 members (excludes halogenated alkanes) is 1. The summed E-state index contributed by atoms with van der Waals surface area (Å²) >= 11 is 3.85.